The van der Waals surface area contributed by atoms with E-state index in [0.717, 1.165) is 5.57 Å². The van der Waals surface area contributed by atoms with Gasteiger partial charge in [0.2, 0.25) is 0 Å². The molecular weight excluding hydrogens is 214 g/mol. The molecule has 0 aromatic carbocycles. The van der Waals surface area contributed by atoms with Gasteiger partial charge in [-0.15, -0.1) is 12.6 Å². The van der Waals surface area contributed by atoms with Gasteiger partial charge in [0.25, 0.3) is 0 Å². The summed E-state index contributed by atoms with van der Waals surface area (Å²) in [6, 6.07) is 0. The van der Waals surface area contributed by atoms with Crippen LogP contribution in [0.5, 0.6) is 0 Å². The predicted octanol–water partition coefficient (Wildman–Crippen LogP) is 1.61. The van der Waals surface area contributed by atoms with Gasteiger partial charge in [-0.2, -0.15) is 0 Å². The number of hydrogen-bond donors (Lipinski definition) is 2. The highest BCUT2D eigenvalue weighted by Gasteiger charge is 1.96. The summed E-state index contributed by atoms with van der Waals surface area (Å²) in [6.45, 7) is 2.35. The molecular formula is C6H10BrNOS. The fourth-order valence-electron chi connectivity index (χ4n) is 0.382. The topological polar surface area (TPSA) is 32.6 Å². The molecule has 4 heteroatoms. The number of nitrogens with zero attached hydrogens (tertiary/aromatic N) is 1. The second-order valence-electron chi connectivity index (χ2n) is 1.65. The van der Waals surface area contributed by atoms with E-state index >= 15 is 0 Å². The van der Waals surface area contributed by atoms with Crippen LogP contribution in [0.15, 0.2) is 14.4 Å². The average Bonchev–Trinajstić information content (AvgIpc) is 1.89. The van der Waals surface area contributed by atoms with E-state index in [-0.39, 0.29) is 6.61 Å². The third-order valence-corrected chi connectivity index (χ3v) is 1.82. The molecule has 0 spiro atoms. The summed E-state index contributed by atoms with van der Waals surface area (Å²) in [4.78, 5) is 3.94. The summed E-state index contributed by atoms with van der Waals surface area (Å²) in [5, 5.41) is 8.71. The zero-order valence-electron chi connectivity index (χ0n) is 5.71. The summed E-state index contributed by atoms with van der Waals surface area (Å²) in [5.74, 6) is 0. The smallest absolute Gasteiger partial charge is 0.0678 e. The molecule has 0 bridgehead atoms. The normalized spacial score (nSPS) is 14.0. The summed E-state index contributed by atoms with van der Waals surface area (Å²) < 4.78 is 0.667. The Balaban J connectivity index is 3.97. The van der Waals surface area contributed by atoms with Crippen LogP contribution in [0.25, 0.3) is 0 Å². The van der Waals surface area contributed by atoms with Crippen molar-refractivity contribution in [3.63, 3.8) is 0 Å². The van der Waals surface area contributed by atoms with E-state index in [2.05, 4.69) is 33.6 Å². The Morgan fingerprint density at radius 3 is 2.70 bits per heavy atom. The van der Waals surface area contributed by atoms with Gasteiger partial charge < -0.3 is 5.11 Å². The number of aliphatic hydroxyl groups is 1. The Bertz CT molecular complexity index is 152. The second kappa shape index (κ2) is 5.95. The van der Waals surface area contributed by atoms with Crippen molar-refractivity contribution in [3.05, 3.63) is 9.39 Å². The fourth-order valence-corrected chi connectivity index (χ4v) is 0.774. The van der Waals surface area contributed by atoms with E-state index in [9.17, 15) is 0 Å². The lowest BCUT2D eigenvalue weighted by atomic mass is 10.3. The molecule has 58 valence electrons. The molecule has 0 aromatic rings. The standard InChI is InChI=1S/C6H10BrNOS/c1-2-8-3-5(4-9)6(7)10/h2,9-10H,3-4H2,1H3/b6-5+,8-2?. The third-order valence-electron chi connectivity index (χ3n) is 0.947. The molecule has 0 aromatic heterocycles. The van der Waals surface area contributed by atoms with Crippen LogP contribution in [-0.2, 0) is 0 Å². The lowest BCUT2D eigenvalue weighted by Gasteiger charge is -1.98. The first kappa shape index (κ1) is 10.2. The van der Waals surface area contributed by atoms with Gasteiger partial charge in [-0.3, -0.25) is 4.99 Å². The first-order chi connectivity index (χ1) is 4.72. The SMILES string of the molecule is CC=NC/C(CO)=C(\S)Br. The molecule has 0 unspecified atom stereocenters. The number of halogens is 1. The Morgan fingerprint density at radius 2 is 2.40 bits per heavy atom. The Morgan fingerprint density at radius 1 is 1.80 bits per heavy atom. The molecule has 0 amide bonds. The van der Waals surface area contributed by atoms with Gasteiger partial charge in [0.1, 0.15) is 0 Å². The van der Waals surface area contributed by atoms with Crippen LogP contribution < -0.4 is 0 Å². The van der Waals surface area contributed by atoms with Crippen molar-refractivity contribution in [2.75, 3.05) is 13.2 Å². The molecule has 0 aliphatic carbocycles. The van der Waals surface area contributed by atoms with E-state index in [4.69, 9.17) is 5.11 Å². The van der Waals surface area contributed by atoms with Gasteiger partial charge in [0.15, 0.2) is 0 Å². The quantitative estimate of drug-likeness (QED) is 0.554. The van der Waals surface area contributed by atoms with Crippen molar-refractivity contribution >= 4 is 34.8 Å². The van der Waals surface area contributed by atoms with Crippen LogP contribution in [0.1, 0.15) is 6.92 Å². The van der Waals surface area contributed by atoms with Gasteiger partial charge in [-0.05, 0) is 34.6 Å². The number of rotatable bonds is 3. The molecule has 1 N–H and O–H groups in total. The molecule has 0 atom stereocenters. The number of hydrogen-bond acceptors (Lipinski definition) is 3. The first-order valence-electron chi connectivity index (χ1n) is 2.84. The van der Waals surface area contributed by atoms with Crippen LogP contribution in [0.3, 0.4) is 0 Å². The largest absolute Gasteiger partial charge is 0.392 e. The van der Waals surface area contributed by atoms with E-state index < -0.39 is 0 Å². The fraction of sp³-hybridized carbons (Fsp3) is 0.500. The average molecular weight is 224 g/mol. The molecule has 0 fully saturated rings. The zero-order valence-corrected chi connectivity index (χ0v) is 8.19. The monoisotopic (exact) mass is 223 g/mol. The molecule has 0 rings (SSSR count). The van der Waals surface area contributed by atoms with Crippen LogP contribution in [0.2, 0.25) is 0 Å². The minimum absolute atomic E-state index is 0.00141. The minimum Gasteiger partial charge on any atom is -0.392 e. The van der Waals surface area contributed by atoms with Crippen molar-refractivity contribution in [1.82, 2.24) is 0 Å². The van der Waals surface area contributed by atoms with Crippen LogP contribution in [0.4, 0.5) is 0 Å². The van der Waals surface area contributed by atoms with Crippen molar-refractivity contribution in [3.8, 4) is 0 Å². The summed E-state index contributed by atoms with van der Waals surface area (Å²) >= 11 is 7.15. The Kier molecular flexibility index (Phi) is 6.06. The van der Waals surface area contributed by atoms with Crippen LogP contribution in [0, 0.1) is 0 Å². The van der Waals surface area contributed by atoms with Crippen molar-refractivity contribution < 1.29 is 5.11 Å². The Hall–Kier alpha value is 0.200. The van der Waals surface area contributed by atoms with Gasteiger partial charge >= 0.3 is 0 Å². The third kappa shape index (κ3) is 4.09. The van der Waals surface area contributed by atoms with Crippen LogP contribution >= 0.6 is 28.6 Å². The minimum atomic E-state index is 0.00141. The Labute approximate surface area is 74.6 Å². The molecule has 0 radical (unpaired) electrons. The van der Waals surface area contributed by atoms with Gasteiger partial charge in [0, 0.05) is 0 Å². The number of thiol groups is 1. The van der Waals surface area contributed by atoms with E-state index in [1.807, 2.05) is 6.92 Å². The summed E-state index contributed by atoms with van der Waals surface area (Å²) in [7, 11) is 0. The molecule has 2 nitrogen and oxygen atoms in total. The molecule has 0 saturated heterocycles. The predicted molar refractivity (Wildman–Crippen MR) is 51.1 cm³/mol. The van der Waals surface area contributed by atoms with Gasteiger partial charge in [-0.1, -0.05) is 0 Å². The lowest BCUT2D eigenvalue weighted by molar-refractivity contribution is 0.330. The second-order valence-corrected chi connectivity index (χ2v) is 3.50. The van der Waals surface area contributed by atoms with E-state index in [1.165, 1.54) is 0 Å². The summed E-state index contributed by atoms with van der Waals surface area (Å²) in [6.07, 6.45) is 1.69. The first-order valence-corrected chi connectivity index (χ1v) is 4.08. The van der Waals surface area contributed by atoms with Crippen LogP contribution in [-0.4, -0.2) is 24.5 Å². The molecule has 0 aliphatic rings. The van der Waals surface area contributed by atoms with Gasteiger partial charge in [0.05, 0.1) is 17.0 Å². The molecule has 0 saturated carbocycles. The highest BCUT2D eigenvalue weighted by Crippen LogP contribution is 2.15. The van der Waals surface area contributed by atoms with E-state index in [1.54, 1.807) is 6.21 Å². The highest BCUT2D eigenvalue weighted by molar-refractivity contribution is 9.13. The van der Waals surface area contributed by atoms with Gasteiger partial charge in [-0.25, -0.2) is 0 Å². The molecule has 0 heterocycles. The molecule has 0 aliphatic heterocycles. The zero-order chi connectivity index (χ0) is 7.98. The van der Waals surface area contributed by atoms with Crippen molar-refractivity contribution in [1.29, 1.82) is 0 Å². The maximum atomic E-state index is 8.71. The lowest BCUT2D eigenvalue weighted by Crippen LogP contribution is -1.95. The van der Waals surface area contributed by atoms with Crippen molar-refractivity contribution in [2.45, 2.75) is 6.92 Å². The summed E-state index contributed by atoms with van der Waals surface area (Å²) in [5.41, 5.74) is 0.793. The number of aliphatic imine (C=N–C) groups is 1. The maximum absolute atomic E-state index is 8.71. The maximum Gasteiger partial charge on any atom is 0.0678 e. The highest BCUT2D eigenvalue weighted by atomic mass is 79.9. The molecule has 10 heavy (non-hydrogen) atoms. The van der Waals surface area contributed by atoms with Crippen molar-refractivity contribution in [2.24, 2.45) is 4.99 Å². The van der Waals surface area contributed by atoms with E-state index in [0.29, 0.717) is 10.4 Å². The number of aliphatic hydroxyl groups excluding tert-OH is 1.